The summed E-state index contributed by atoms with van der Waals surface area (Å²) in [5, 5.41) is 13.0. The van der Waals surface area contributed by atoms with Gasteiger partial charge >= 0.3 is 0 Å². The zero-order chi connectivity index (χ0) is 12.3. The predicted molar refractivity (Wildman–Crippen MR) is 68.1 cm³/mol. The van der Waals surface area contributed by atoms with Gasteiger partial charge in [-0.2, -0.15) is 0 Å². The second-order valence-electron chi connectivity index (χ2n) is 3.93. The van der Waals surface area contributed by atoms with Crippen LogP contribution in [0.1, 0.15) is 16.3 Å². The zero-order valence-electron chi connectivity index (χ0n) is 10.2. The summed E-state index contributed by atoms with van der Waals surface area (Å²) in [6, 6.07) is 2.00. The predicted octanol–water partition coefficient (Wildman–Crippen LogP) is 2.11. The van der Waals surface area contributed by atoms with Gasteiger partial charge in [0.15, 0.2) is 0 Å². The molecule has 0 unspecified atom stereocenters. The standard InChI is InChI=1S/C11H16N4OS/c1-8-9(4-5-16-8)6-15(3)7-10-13-14-11(12-2)17-10/h4-5H,6-7H2,1-3H3,(H,12,14). The van der Waals surface area contributed by atoms with E-state index in [-0.39, 0.29) is 0 Å². The van der Waals surface area contributed by atoms with Crippen molar-refractivity contribution in [3.05, 3.63) is 28.7 Å². The number of rotatable bonds is 5. The molecule has 17 heavy (non-hydrogen) atoms. The summed E-state index contributed by atoms with van der Waals surface area (Å²) in [4.78, 5) is 2.19. The fourth-order valence-corrected chi connectivity index (χ4v) is 2.34. The van der Waals surface area contributed by atoms with Crippen molar-refractivity contribution in [1.29, 1.82) is 0 Å². The molecule has 0 amide bonds. The van der Waals surface area contributed by atoms with Crippen LogP contribution in [0.3, 0.4) is 0 Å². The van der Waals surface area contributed by atoms with Crippen molar-refractivity contribution < 1.29 is 4.42 Å². The highest BCUT2D eigenvalue weighted by Crippen LogP contribution is 2.17. The third-order valence-electron chi connectivity index (χ3n) is 2.49. The highest BCUT2D eigenvalue weighted by atomic mass is 32.1. The van der Waals surface area contributed by atoms with Crippen LogP contribution in [0.4, 0.5) is 5.13 Å². The normalized spacial score (nSPS) is 11.1. The number of anilines is 1. The molecule has 0 radical (unpaired) electrons. The lowest BCUT2D eigenvalue weighted by Crippen LogP contribution is -2.17. The lowest BCUT2D eigenvalue weighted by molar-refractivity contribution is 0.315. The number of hydrogen-bond donors (Lipinski definition) is 1. The minimum atomic E-state index is 0.796. The van der Waals surface area contributed by atoms with Crippen LogP contribution in [0, 0.1) is 6.92 Å². The first-order valence-corrected chi connectivity index (χ1v) is 6.22. The van der Waals surface area contributed by atoms with Gasteiger partial charge < -0.3 is 9.73 Å². The number of nitrogens with one attached hydrogen (secondary N) is 1. The van der Waals surface area contributed by atoms with E-state index in [1.54, 1.807) is 17.6 Å². The van der Waals surface area contributed by atoms with Crippen LogP contribution in [0.25, 0.3) is 0 Å². The Bertz CT molecular complexity index is 479. The second-order valence-corrected chi connectivity index (χ2v) is 4.99. The average molecular weight is 252 g/mol. The minimum absolute atomic E-state index is 0.796. The number of nitrogens with zero attached hydrogens (tertiary/aromatic N) is 3. The van der Waals surface area contributed by atoms with Gasteiger partial charge in [-0.05, 0) is 20.0 Å². The Hall–Kier alpha value is -1.40. The average Bonchev–Trinajstić information content (AvgIpc) is 2.89. The first-order chi connectivity index (χ1) is 8.19. The van der Waals surface area contributed by atoms with Gasteiger partial charge in [0, 0.05) is 19.2 Å². The monoisotopic (exact) mass is 252 g/mol. The summed E-state index contributed by atoms with van der Waals surface area (Å²) in [5.41, 5.74) is 1.21. The molecule has 1 N–H and O–H groups in total. The van der Waals surface area contributed by atoms with E-state index in [1.807, 2.05) is 20.0 Å². The van der Waals surface area contributed by atoms with Gasteiger partial charge in [-0.3, -0.25) is 4.90 Å². The number of aryl methyl sites for hydroxylation is 1. The molecule has 0 atom stereocenters. The first kappa shape index (κ1) is 12.1. The van der Waals surface area contributed by atoms with Gasteiger partial charge in [-0.25, -0.2) is 0 Å². The summed E-state index contributed by atoms with van der Waals surface area (Å²) >= 11 is 1.58. The van der Waals surface area contributed by atoms with E-state index < -0.39 is 0 Å². The molecular weight excluding hydrogens is 236 g/mol. The Balaban J connectivity index is 1.93. The van der Waals surface area contributed by atoms with Crippen LogP contribution in [-0.2, 0) is 13.1 Å². The molecule has 0 aliphatic carbocycles. The molecule has 0 saturated carbocycles. The fourth-order valence-electron chi connectivity index (χ4n) is 1.57. The molecule has 2 aromatic heterocycles. The molecule has 0 aliphatic heterocycles. The maximum atomic E-state index is 5.28. The topological polar surface area (TPSA) is 54.2 Å². The third-order valence-corrected chi connectivity index (χ3v) is 3.42. The van der Waals surface area contributed by atoms with Crippen molar-refractivity contribution in [2.24, 2.45) is 0 Å². The van der Waals surface area contributed by atoms with Crippen molar-refractivity contribution in [3.63, 3.8) is 0 Å². The van der Waals surface area contributed by atoms with Crippen LogP contribution < -0.4 is 5.32 Å². The van der Waals surface area contributed by atoms with E-state index in [0.29, 0.717) is 0 Å². The van der Waals surface area contributed by atoms with Crippen LogP contribution in [0.2, 0.25) is 0 Å². The summed E-state index contributed by atoms with van der Waals surface area (Å²) in [7, 11) is 3.91. The lowest BCUT2D eigenvalue weighted by Gasteiger charge is -2.13. The molecule has 0 bridgehead atoms. The van der Waals surface area contributed by atoms with Crippen molar-refractivity contribution in [1.82, 2.24) is 15.1 Å². The van der Waals surface area contributed by atoms with Crippen LogP contribution in [0.5, 0.6) is 0 Å². The molecule has 6 heteroatoms. The van der Waals surface area contributed by atoms with E-state index in [1.165, 1.54) is 5.56 Å². The zero-order valence-corrected chi connectivity index (χ0v) is 11.0. The van der Waals surface area contributed by atoms with Gasteiger partial charge in [0.1, 0.15) is 10.8 Å². The molecule has 2 aromatic rings. The SMILES string of the molecule is CNc1nnc(CN(C)Cc2ccoc2C)s1. The molecule has 0 fully saturated rings. The second kappa shape index (κ2) is 5.29. The summed E-state index contributed by atoms with van der Waals surface area (Å²) in [6.07, 6.45) is 1.72. The van der Waals surface area contributed by atoms with Crippen molar-refractivity contribution >= 4 is 16.5 Å². The molecule has 0 saturated heterocycles. The van der Waals surface area contributed by atoms with Crippen LogP contribution in [0.15, 0.2) is 16.7 Å². The van der Waals surface area contributed by atoms with Gasteiger partial charge in [-0.15, -0.1) is 10.2 Å². The van der Waals surface area contributed by atoms with Gasteiger partial charge in [-0.1, -0.05) is 11.3 Å². The minimum Gasteiger partial charge on any atom is -0.469 e. The quantitative estimate of drug-likeness (QED) is 0.883. The summed E-state index contributed by atoms with van der Waals surface area (Å²) in [6.45, 7) is 3.63. The maximum absolute atomic E-state index is 5.28. The number of aromatic nitrogens is 2. The molecule has 0 aliphatic rings. The Labute approximate surface area is 104 Å². The largest absolute Gasteiger partial charge is 0.469 e. The van der Waals surface area contributed by atoms with Gasteiger partial charge in [0.25, 0.3) is 0 Å². The molecule has 5 nitrogen and oxygen atoms in total. The summed E-state index contributed by atoms with van der Waals surface area (Å²) < 4.78 is 5.28. The highest BCUT2D eigenvalue weighted by molar-refractivity contribution is 7.15. The molecule has 0 spiro atoms. The van der Waals surface area contributed by atoms with E-state index in [0.717, 1.165) is 29.0 Å². The fraction of sp³-hybridized carbons (Fsp3) is 0.455. The van der Waals surface area contributed by atoms with E-state index in [2.05, 4.69) is 27.5 Å². The van der Waals surface area contributed by atoms with E-state index >= 15 is 0 Å². The molecule has 2 heterocycles. The summed E-state index contributed by atoms with van der Waals surface area (Å²) in [5.74, 6) is 0.977. The Morgan fingerprint density at radius 2 is 2.24 bits per heavy atom. The van der Waals surface area contributed by atoms with E-state index in [4.69, 9.17) is 4.42 Å². The van der Waals surface area contributed by atoms with Gasteiger partial charge in [0.05, 0.1) is 12.8 Å². The molecular formula is C11H16N4OS. The first-order valence-electron chi connectivity index (χ1n) is 5.40. The van der Waals surface area contributed by atoms with Gasteiger partial charge in [0.2, 0.25) is 5.13 Å². The highest BCUT2D eigenvalue weighted by Gasteiger charge is 2.09. The third kappa shape index (κ3) is 3.04. The van der Waals surface area contributed by atoms with Crippen LogP contribution in [-0.4, -0.2) is 29.2 Å². The Kier molecular flexibility index (Phi) is 3.75. The molecule has 0 aromatic carbocycles. The van der Waals surface area contributed by atoms with Crippen molar-refractivity contribution in [2.75, 3.05) is 19.4 Å². The van der Waals surface area contributed by atoms with Crippen LogP contribution >= 0.6 is 11.3 Å². The lowest BCUT2D eigenvalue weighted by atomic mass is 10.2. The smallest absolute Gasteiger partial charge is 0.205 e. The van der Waals surface area contributed by atoms with Crippen molar-refractivity contribution in [2.45, 2.75) is 20.0 Å². The molecule has 92 valence electrons. The Morgan fingerprint density at radius 3 is 2.82 bits per heavy atom. The number of furan rings is 1. The molecule has 2 rings (SSSR count). The van der Waals surface area contributed by atoms with E-state index in [9.17, 15) is 0 Å². The maximum Gasteiger partial charge on any atom is 0.205 e. The van der Waals surface area contributed by atoms with Crippen molar-refractivity contribution in [3.8, 4) is 0 Å². The Morgan fingerprint density at radius 1 is 1.41 bits per heavy atom. The number of hydrogen-bond acceptors (Lipinski definition) is 6.